The Kier molecular flexibility index (Phi) is 30.7. The van der Waals surface area contributed by atoms with Crippen LogP contribution in [-0.4, -0.2) is 40.5 Å². The number of unbranched alkanes of at least 4 members (excludes halogenated alkanes) is 14. The Morgan fingerprint density at radius 2 is 1.07 bits per heavy atom. The second kappa shape index (κ2) is 30.8. The van der Waals surface area contributed by atoms with Gasteiger partial charge >= 0.3 is 5.97 Å². The summed E-state index contributed by atoms with van der Waals surface area (Å²) in [6.45, 7) is 25.7. The number of hydrogen-bond donors (Lipinski definition) is 3. The maximum Gasteiger partial charge on any atom is 0.326 e. The maximum absolute atomic E-state index is 12.7. The number of rotatable bonds is 32. The molecule has 0 rings (SSSR count). The first-order valence-corrected chi connectivity index (χ1v) is 22.8. The van der Waals surface area contributed by atoms with Gasteiger partial charge in [-0.2, -0.15) is 0 Å². The molecule has 0 aromatic rings. The molecule has 4 N–H and O–H groups in total. The second-order valence-electron chi connectivity index (χ2n) is 20.3. The van der Waals surface area contributed by atoms with Crippen molar-refractivity contribution in [1.29, 1.82) is 0 Å². The van der Waals surface area contributed by atoms with Gasteiger partial charge in [-0.3, -0.25) is 19.2 Å². The van der Waals surface area contributed by atoms with Gasteiger partial charge in [-0.25, -0.2) is 4.79 Å². The number of nitrogens with two attached hydrogens (primary N) is 1. The lowest BCUT2D eigenvalue weighted by molar-refractivity contribution is -0.142. The Labute approximate surface area is 345 Å². The molecule has 0 spiro atoms. The SMILES string of the molecule is CC(C)C[C@](C)(CC(C)(C)C)C(=O)C(C)(C)C.CCCCCCCCCCCCCCCC(=O)N[C@@H](CCC(=O)CCCCC[C@H](CC(C)C)C(N)=O)C(=O)O. The van der Waals surface area contributed by atoms with E-state index in [1.54, 1.807) is 0 Å². The Morgan fingerprint density at radius 3 is 1.48 bits per heavy atom. The molecule has 0 bridgehead atoms. The summed E-state index contributed by atoms with van der Waals surface area (Å²) >= 11 is 0. The lowest BCUT2D eigenvalue weighted by Crippen LogP contribution is -2.41. The third-order valence-corrected chi connectivity index (χ3v) is 10.5. The van der Waals surface area contributed by atoms with E-state index in [9.17, 15) is 29.1 Å². The van der Waals surface area contributed by atoms with Crippen LogP contribution in [0.5, 0.6) is 0 Å². The summed E-state index contributed by atoms with van der Waals surface area (Å²) in [5.41, 5.74) is 5.25. The Bertz CT molecular complexity index is 1090. The fraction of sp³-hybridized carbons (Fsp3) is 0.896. The van der Waals surface area contributed by atoms with Crippen molar-refractivity contribution in [3.05, 3.63) is 0 Å². The van der Waals surface area contributed by atoms with Crippen molar-refractivity contribution < 1.29 is 29.1 Å². The lowest BCUT2D eigenvalue weighted by atomic mass is 9.63. The monoisotopic (exact) mass is 793 g/mol. The minimum absolute atomic E-state index is 0.0145. The van der Waals surface area contributed by atoms with Crippen LogP contribution >= 0.6 is 0 Å². The van der Waals surface area contributed by atoms with Crippen LogP contribution in [0.1, 0.15) is 237 Å². The van der Waals surface area contributed by atoms with Gasteiger partial charge in [-0.1, -0.05) is 173 Å². The molecule has 0 heterocycles. The molecule has 0 aliphatic carbocycles. The smallest absolute Gasteiger partial charge is 0.326 e. The molecule has 330 valence electrons. The maximum atomic E-state index is 12.7. The number of primary amides is 1. The predicted octanol–water partition coefficient (Wildman–Crippen LogP) is 12.6. The van der Waals surface area contributed by atoms with Gasteiger partial charge in [0.2, 0.25) is 11.8 Å². The standard InChI is InChI=1S/C32H60N2O5.C16H32O/c1-4-5-6-7-8-9-10-11-12-13-14-15-19-22-30(36)34-29(32(38)39)24-23-28(35)21-18-16-17-20-27(31(33)37)25-26(2)3;1-12(2)10-16(9,11-14(3,4)5)13(17)15(6,7)8/h26-27,29H,4-25H2,1-3H3,(H2,33,37)(H,34,36)(H,38,39);12H,10-11H2,1-9H3/t27-,29+;16-/m11/s1. The number of hydrogen-bond acceptors (Lipinski definition) is 5. The topological polar surface area (TPSA) is 144 Å². The highest BCUT2D eigenvalue weighted by Gasteiger charge is 2.42. The number of nitrogens with one attached hydrogen (secondary N) is 1. The number of carboxylic acid groups (broad SMARTS) is 1. The van der Waals surface area contributed by atoms with Gasteiger partial charge < -0.3 is 16.2 Å². The average molecular weight is 793 g/mol. The van der Waals surface area contributed by atoms with Gasteiger partial charge in [0.25, 0.3) is 0 Å². The first-order chi connectivity index (χ1) is 25.9. The summed E-state index contributed by atoms with van der Waals surface area (Å²) in [7, 11) is 0. The van der Waals surface area contributed by atoms with Gasteiger partial charge in [0.15, 0.2) is 0 Å². The minimum atomic E-state index is -1.09. The van der Waals surface area contributed by atoms with Crippen molar-refractivity contribution in [3.63, 3.8) is 0 Å². The zero-order chi connectivity index (χ0) is 43.4. The van der Waals surface area contributed by atoms with E-state index in [-0.39, 0.29) is 52.6 Å². The highest BCUT2D eigenvalue weighted by atomic mass is 16.4. The Hall–Kier alpha value is -2.25. The first-order valence-electron chi connectivity index (χ1n) is 22.8. The molecular weight excluding hydrogens is 701 g/mol. The van der Waals surface area contributed by atoms with Crippen molar-refractivity contribution >= 4 is 29.4 Å². The van der Waals surface area contributed by atoms with Crippen molar-refractivity contribution in [3.8, 4) is 0 Å². The van der Waals surface area contributed by atoms with Gasteiger partial charge in [0.05, 0.1) is 0 Å². The van der Waals surface area contributed by atoms with E-state index in [4.69, 9.17) is 5.73 Å². The third kappa shape index (κ3) is 31.8. The number of carbonyl (C=O) groups is 5. The van der Waals surface area contributed by atoms with E-state index in [1.165, 1.54) is 64.2 Å². The van der Waals surface area contributed by atoms with Crippen molar-refractivity contribution in [2.75, 3.05) is 0 Å². The van der Waals surface area contributed by atoms with Crippen molar-refractivity contribution in [2.24, 2.45) is 39.7 Å². The zero-order valence-electron chi connectivity index (χ0n) is 38.8. The van der Waals surface area contributed by atoms with Crippen molar-refractivity contribution in [2.45, 2.75) is 243 Å². The lowest BCUT2D eigenvalue weighted by Gasteiger charge is -2.39. The Balaban J connectivity index is 0. The molecule has 8 nitrogen and oxygen atoms in total. The van der Waals surface area contributed by atoms with Gasteiger partial charge in [-0.05, 0) is 62.2 Å². The molecule has 0 unspecified atom stereocenters. The van der Waals surface area contributed by atoms with Crippen LogP contribution in [-0.2, 0) is 24.0 Å². The van der Waals surface area contributed by atoms with E-state index in [0.29, 0.717) is 30.5 Å². The molecule has 0 aliphatic rings. The molecule has 0 aromatic heterocycles. The highest BCUT2D eigenvalue weighted by molar-refractivity contribution is 5.89. The normalized spacial score (nSPS) is 14.1. The quantitative estimate of drug-likeness (QED) is 0.0579. The molecule has 8 heteroatoms. The van der Waals surface area contributed by atoms with E-state index < -0.39 is 12.0 Å². The van der Waals surface area contributed by atoms with Crippen LogP contribution in [0, 0.1) is 34.0 Å². The molecule has 3 atom stereocenters. The number of Topliss-reactive ketones (excluding diaryl/α,β-unsaturated/α-hetero) is 2. The van der Waals surface area contributed by atoms with Gasteiger partial charge in [-0.15, -0.1) is 0 Å². The summed E-state index contributed by atoms with van der Waals surface area (Å²) in [6, 6.07) is -1.02. The van der Waals surface area contributed by atoms with E-state index >= 15 is 0 Å². The average Bonchev–Trinajstić information content (AvgIpc) is 3.05. The van der Waals surface area contributed by atoms with Crippen molar-refractivity contribution in [1.82, 2.24) is 5.32 Å². The summed E-state index contributed by atoms with van der Waals surface area (Å²) in [5.74, 6) is -0.299. The number of carboxylic acids is 1. The van der Waals surface area contributed by atoms with E-state index in [2.05, 4.69) is 67.6 Å². The molecule has 56 heavy (non-hydrogen) atoms. The van der Waals surface area contributed by atoms with Crippen LogP contribution in [0.3, 0.4) is 0 Å². The van der Waals surface area contributed by atoms with E-state index in [0.717, 1.165) is 64.2 Å². The predicted molar refractivity (Wildman–Crippen MR) is 235 cm³/mol. The van der Waals surface area contributed by atoms with Crippen LogP contribution in [0.15, 0.2) is 0 Å². The molecule has 0 aromatic carbocycles. The largest absolute Gasteiger partial charge is 0.480 e. The number of ketones is 2. The molecule has 0 radical (unpaired) electrons. The van der Waals surface area contributed by atoms with Crippen LogP contribution in [0.2, 0.25) is 0 Å². The molecule has 0 fully saturated rings. The second-order valence-corrected chi connectivity index (χ2v) is 20.3. The number of aliphatic carboxylic acids is 1. The minimum Gasteiger partial charge on any atom is -0.480 e. The molecule has 0 saturated carbocycles. The van der Waals surface area contributed by atoms with Crippen LogP contribution in [0.25, 0.3) is 0 Å². The third-order valence-electron chi connectivity index (χ3n) is 10.5. The van der Waals surface area contributed by atoms with Gasteiger partial charge in [0.1, 0.15) is 17.6 Å². The first kappa shape index (κ1) is 55.8. The summed E-state index contributed by atoms with van der Waals surface area (Å²) in [4.78, 5) is 60.3. The molecule has 0 aliphatic heterocycles. The zero-order valence-corrected chi connectivity index (χ0v) is 38.8. The highest BCUT2D eigenvalue weighted by Crippen LogP contribution is 2.43. The molecular formula is C48H92N2O6. The summed E-state index contributed by atoms with van der Waals surface area (Å²) < 4.78 is 0. The van der Waals surface area contributed by atoms with E-state index in [1.807, 2.05) is 20.8 Å². The summed E-state index contributed by atoms with van der Waals surface area (Å²) in [6.07, 6.45) is 22.9. The number of carbonyl (C=O) groups excluding carboxylic acids is 4. The van der Waals surface area contributed by atoms with Gasteiger partial charge in [0, 0.05) is 36.0 Å². The summed E-state index contributed by atoms with van der Waals surface area (Å²) in [5, 5.41) is 12.1. The fourth-order valence-electron chi connectivity index (χ4n) is 8.31. The molecule has 2 amide bonds. The fourth-order valence-corrected chi connectivity index (χ4v) is 8.31. The Morgan fingerprint density at radius 1 is 0.607 bits per heavy atom. The van der Waals surface area contributed by atoms with Crippen LogP contribution < -0.4 is 11.1 Å². The van der Waals surface area contributed by atoms with Crippen LogP contribution in [0.4, 0.5) is 0 Å². The number of amides is 2. The molecule has 0 saturated heterocycles.